The Hall–Kier alpha value is -0.700. The van der Waals surface area contributed by atoms with Crippen LogP contribution in [-0.4, -0.2) is 44.0 Å². The van der Waals surface area contributed by atoms with Crippen molar-refractivity contribution in [2.45, 2.75) is 18.7 Å². The number of ether oxygens (including phenoxy) is 1. The molecule has 0 fully saturated rings. The summed E-state index contributed by atoms with van der Waals surface area (Å²) in [5.74, 6) is -0.00180. The molecule has 0 saturated heterocycles. The van der Waals surface area contributed by atoms with E-state index in [0.717, 1.165) is 0 Å². The highest BCUT2D eigenvalue weighted by Gasteiger charge is 2.26. The zero-order valence-corrected chi connectivity index (χ0v) is 13.4. The molecule has 0 spiro atoms. The van der Waals surface area contributed by atoms with Gasteiger partial charge < -0.3 is 10.5 Å². The fourth-order valence-electron chi connectivity index (χ4n) is 1.54. The van der Waals surface area contributed by atoms with Crippen molar-refractivity contribution in [1.29, 1.82) is 0 Å². The zero-order valence-electron chi connectivity index (χ0n) is 11.0. The van der Waals surface area contributed by atoms with Gasteiger partial charge in [-0.3, -0.25) is 0 Å². The molecule has 1 aromatic heterocycles. The van der Waals surface area contributed by atoms with Crippen molar-refractivity contribution in [1.82, 2.24) is 9.29 Å². The molecule has 0 aliphatic rings. The van der Waals surface area contributed by atoms with Gasteiger partial charge in [-0.1, -0.05) is 6.92 Å². The monoisotopic (exact) mass is 351 g/mol. The number of rotatable bonds is 7. The molecule has 0 amide bonds. The molecule has 2 N–H and O–H groups in total. The molecule has 0 unspecified atom stereocenters. The first-order valence-corrected chi connectivity index (χ1v) is 8.15. The molecule has 108 valence electrons. The first-order valence-electron chi connectivity index (χ1n) is 5.92. The van der Waals surface area contributed by atoms with E-state index in [-0.39, 0.29) is 10.7 Å². The van der Waals surface area contributed by atoms with Crippen LogP contribution >= 0.6 is 15.9 Å². The van der Waals surface area contributed by atoms with Crippen molar-refractivity contribution in [3.8, 4) is 0 Å². The van der Waals surface area contributed by atoms with Gasteiger partial charge in [0.1, 0.15) is 10.7 Å². The van der Waals surface area contributed by atoms with Crippen LogP contribution in [0.2, 0.25) is 0 Å². The Kier molecular flexibility index (Phi) is 6.18. The zero-order chi connectivity index (χ0) is 14.5. The fraction of sp³-hybridized carbons (Fsp3) is 0.545. The second-order valence-corrected chi connectivity index (χ2v) is 6.55. The van der Waals surface area contributed by atoms with Crippen LogP contribution in [0, 0.1) is 0 Å². The van der Waals surface area contributed by atoms with Crippen molar-refractivity contribution in [2.75, 3.05) is 32.0 Å². The second kappa shape index (κ2) is 7.18. The molecule has 6 nitrogen and oxygen atoms in total. The number of aromatic nitrogens is 1. The average Bonchev–Trinajstić information content (AvgIpc) is 2.37. The summed E-state index contributed by atoms with van der Waals surface area (Å²) in [5, 5.41) is 0. The van der Waals surface area contributed by atoms with E-state index in [4.69, 9.17) is 10.5 Å². The number of nitrogen functional groups attached to an aromatic ring is 1. The van der Waals surface area contributed by atoms with Gasteiger partial charge in [0, 0.05) is 30.4 Å². The number of hydrogen-bond donors (Lipinski definition) is 1. The third-order valence-corrected chi connectivity index (χ3v) is 4.95. The minimum atomic E-state index is -3.65. The maximum Gasteiger partial charge on any atom is 0.246 e. The number of anilines is 1. The van der Waals surface area contributed by atoms with E-state index in [0.29, 0.717) is 30.8 Å². The molecule has 0 aromatic carbocycles. The number of nitrogens with zero attached hydrogens (tertiary/aromatic N) is 2. The number of nitrogens with two attached hydrogens (primary N) is 1. The van der Waals surface area contributed by atoms with E-state index in [9.17, 15) is 8.42 Å². The van der Waals surface area contributed by atoms with Crippen molar-refractivity contribution in [2.24, 2.45) is 0 Å². The van der Waals surface area contributed by atoms with E-state index in [1.165, 1.54) is 16.6 Å². The lowest BCUT2D eigenvalue weighted by atomic mass is 10.5. The summed E-state index contributed by atoms with van der Waals surface area (Å²) in [4.78, 5) is 3.87. The van der Waals surface area contributed by atoms with E-state index in [1.54, 1.807) is 6.92 Å². The van der Waals surface area contributed by atoms with Crippen molar-refractivity contribution in [3.63, 3.8) is 0 Å². The van der Waals surface area contributed by atoms with Crippen LogP contribution in [0.3, 0.4) is 0 Å². The Bertz CT molecular complexity index is 522. The lowest BCUT2D eigenvalue weighted by Crippen LogP contribution is -2.34. The molecule has 1 aromatic rings. The quantitative estimate of drug-likeness (QED) is 0.751. The van der Waals surface area contributed by atoms with Gasteiger partial charge in [0.2, 0.25) is 10.0 Å². The second-order valence-electron chi connectivity index (χ2n) is 3.73. The molecule has 0 aliphatic carbocycles. The molecule has 8 heteroatoms. The number of hydrogen-bond acceptors (Lipinski definition) is 5. The number of pyridine rings is 1. The molecule has 0 saturated carbocycles. The van der Waals surface area contributed by atoms with Crippen LogP contribution < -0.4 is 5.73 Å². The van der Waals surface area contributed by atoms with Crippen LogP contribution in [-0.2, 0) is 14.8 Å². The molecule has 0 aliphatic heterocycles. The molecule has 0 bridgehead atoms. The van der Waals surface area contributed by atoms with Crippen LogP contribution in [0.25, 0.3) is 0 Å². The van der Waals surface area contributed by atoms with Crippen LogP contribution in [0.4, 0.5) is 5.82 Å². The number of sulfonamides is 1. The number of halogens is 1. The molecule has 19 heavy (non-hydrogen) atoms. The standard InChI is InChI=1S/C11H18BrN3O3S/c1-3-15(5-6-18-4-2)19(16,17)10-7-9(12)8-14-11(10)13/h7-8H,3-6H2,1-2H3,(H2,13,14). The van der Waals surface area contributed by atoms with Crippen LogP contribution in [0.1, 0.15) is 13.8 Å². The predicted octanol–water partition coefficient (Wildman–Crippen LogP) is 1.47. The van der Waals surface area contributed by atoms with E-state index >= 15 is 0 Å². The van der Waals surface area contributed by atoms with E-state index < -0.39 is 10.0 Å². The van der Waals surface area contributed by atoms with E-state index in [2.05, 4.69) is 20.9 Å². The van der Waals surface area contributed by atoms with Gasteiger partial charge in [0.15, 0.2) is 0 Å². The van der Waals surface area contributed by atoms with Gasteiger partial charge in [0.25, 0.3) is 0 Å². The van der Waals surface area contributed by atoms with Crippen molar-refractivity contribution < 1.29 is 13.2 Å². The largest absolute Gasteiger partial charge is 0.383 e. The highest BCUT2D eigenvalue weighted by molar-refractivity contribution is 9.10. The Morgan fingerprint density at radius 1 is 1.47 bits per heavy atom. The number of likely N-dealkylation sites (N-methyl/N-ethyl adjacent to an activating group) is 1. The SMILES string of the molecule is CCOCCN(CC)S(=O)(=O)c1cc(Br)cnc1N. The highest BCUT2D eigenvalue weighted by atomic mass is 79.9. The summed E-state index contributed by atoms with van der Waals surface area (Å²) >= 11 is 3.20. The molecule has 1 rings (SSSR count). The summed E-state index contributed by atoms with van der Waals surface area (Å²) < 4.78 is 32.0. The average molecular weight is 352 g/mol. The maximum atomic E-state index is 12.5. The molecule has 0 atom stereocenters. The minimum Gasteiger partial charge on any atom is -0.383 e. The van der Waals surface area contributed by atoms with Gasteiger partial charge in [-0.25, -0.2) is 13.4 Å². The summed E-state index contributed by atoms with van der Waals surface area (Å²) in [7, 11) is -3.65. The Balaban J connectivity index is 3.03. The normalized spacial score (nSPS) is 12.0. The van der Waals surface area contributed by atoms with Crippen LogP contribution in [0.5, 0.6) is 0 Å². The van der Waals surface area contributed by atoms with Gasteiger partial charge >= 0.3 is 0 Å². The maximum absolute atomic E-state index is 12.5. The van der Waals surface area contributed by atoms with Gasteiger partial charge in [-0.15, -0.1) is 0 Å². The molecule has 1 heterocycles. The van der Waals surface area contributed by atoms with Crippen LogP contribution in [0.15, 0.2) is 21.6 Å². The minimum absolute atomic E-state index is 0.00180. The summed E-state index contributed by atoms with van der Waals surface area (Å²) in [5.41, 5.74) is 5.65. The third-order valence-electron chi connectivity index (χ3n) is 2.51. The first-order chi connectivity index (χ1) is 8.93. The fourth-order valence-corrected chi connectivity index (χ4v) is 3.54. The highest BCUT2D eigenvalue weighted by Crippen LogP contribution is 2.23. The van der Waals surface area contributed by atoms with Gasteiger partial charge in [0.05, 0.1) is 6.61 Å². The first kappa shape index (κ1) is 16.4. The molecule has 0 radical (unpaired) electrons. The smallest absolute Gasteiger partial charge is 0.246 e. The van der Waals surface area contributed by atoms with Gasteiger partial charge in [-0.05, 0) is 28.9 Å². The lowest BCUT2D eigenvalue weighted by Gasteiger charge is -2.21. The Labute approximate surface area is 122 Å². The summed E-state index contributed by atoms with van der Waals surface area (Å²) in [6.07, 6.45) is 1.46. The summed E-state index contributed by atoms with van der Waals surface area (Å²) in [6, 6.07) is 1.46. The van der Waals surface area contributed by atoms with Crippen molar-refractivity contribution in [3.05, 3.63) is 16.7 Å². The Morgan fingerprint density at radius 2 is 2.16 bits per heavy atom. The topological polar surface area (TPSA) is 85.5 Å². The third kappa shape index (κ3) is 4.13. The van der Waals surface area contributed by atoms with E-state index in [1.807, 2.05) is 6.92 Å². The van der Waals surface area contributed by atoms with Crippen molar-refractivity contribution >= 4 is 31.8 Å². The predicted molar refractivity (Wildman–Crippen MR) is 77.3 cm³/mol. The summed E-state index contributed by atoms with van der Waals surface area (Å²) in [6.45, 7) is 5.18. The van der Waals surface area contributed by atoms with Gasteiger partial charge in [-0.2, -0.15) is 4.31 Å². The molecular weight excluding hydrogens is 334 g/mol. The Morgan fingerprint density at radius 3 is 2.74 bits per heavy atom. The lowest BCUT2D eigenvalue weighted by molar-refractivity contribution is 0.135. The molecular formula is C11H18BrN3O3S.